The largest absolute Gasteiger partial charge is 0.361 e. The number of nitro groups is 1. The summed E-state index contributed by atoms with van der Waals surface area (Å²) in [6, 6.07) is 32.5. The summed E-state index contributed by atoms with van der Waals surface area (Å²) in [5.41, 5.74) is 3.90. The van der Waals surface area contributed by atoms with Crippen LogP contribution in [0.1, 0.15) is 27.5 Å². The third kappa shape index (κ3) is 3.93. The van der Waals surface area contributed by atoms with Gasteiger partial charge in [0.2, 0.25) is 0 Å². The van der Waals surface area contributed by atoms with Gasteiger partial charge in [0, 0.05) is 46.0 Å². The van der Waals surface area contributed by atoms with Crippen molar-refractivity contribution in [1.82, 2.24) is 4.98 Å². The number of para-hydroxylation sites is 1. The van der Waals surface area contributed by atoms with E-state index in [0.717, 1.165) is 22.0 Å². The molecule has 1 atom stereocenters. The number of nitro benzene ring substituents is 1. The van der Waals surface area contributed by atoms with E-state index in [9.17, 15) is 14.9 Å². The number of fused-ring (bicyclic) bond motifs is 1. The number of aromatic amines is 1. The third-order valence-electron chi connectivity index (χ3n) is 5.87. The highest BCUT2D eigenvalue weighted by Gasteiger charge is 2.31. The van der Waals surface area contributed by atoms with Gasteiger partial charge in [-0.3, -0.25) is 19.8 Å². The van der Waals surface area contributed by atoms with E-state index in [-0.39, 0.29) is 11.6 Å². The van der Waals surface area contributed by atoms with Crippen molar-refractivity contribution in [2.45, 2.75) is 6.04 Å². The van der Waals surface area contributed by atoms with Crippen LogP contribution in [0.25, 0.3) is 10.9 Å². The lowest BCUT2D eigenvalue weighted by Crippen LogP contribution is -2.35. The van der Waals surface area contributed by atoms with Crippen molar-refractivity contribution in [1.29, 1.82) is 0 Å². The number of H-pyrrole nitrogens is 1. The topological polar surface area (TPSA) is 79.2 Å². The van der Waals surface area contributed by atoms with E-state index >= 15 is 0 Å². The Morgan fingerprint density at radius 3 is 2.09 bits per heavy atom. The summed E-state index contributed by atoms with van der Waals surface area (Å²) in [4.78, 5) is 29.8. The Bertz CT molecular complexity index is 1450. The fourth-order valence-corrected chi connectivity index (χ4v) is 4.26. The molecule has 34 heavy (non-hydrogen) atoms. The van der Waals surface area contributed by atoms with E-state index in [0.29, 0.717) is 11.3 Å². The lowest BCUT2D eigenvalue weighted by Gasteiger charge is -2.32. The van der Waals surface area contributed by atoms with Gasteiger partial charge < -0.3 is 4.98 Å². The van der Waals surface area contributed by atoms with E-state index in [1.807, 2.05) is 79.0 Å². The molecular formula is C28H21N3O3. The van der Waals surface area contributed by atoms with Crippen molar-refractivity contribution < 1.29 is 9.72 Å². The number of nitrogens with zero attached hydrogens (tertiary/aromatic N) is 2. The molecule has 0 radical (unpaired) electrons. The second-order valence-electron chi connectivity index (χ2n) is 7.92. The number of rotatable bonds is 6. The van der Waals surface area contributed by atoms with Crippen LogP contribution in [0.4, 0.5) is 11.4 Å². The number of anilines is 1. The number of hydrogen-bond donors (Lipinski definition) is 1. The standard InChI is InChI=1S/C28H21N3O3/c32-28(21-11-5-2-6-12-21)30(22-15-17-23(18-16-22)31(33)34)27(20-9-3-1-4-10-20)25-19-29-26-14-8-7-13-24(25)26/h1-19,27,29H. The molecule has 0 fully saturated rings. The van der Waals surface area contributed by atoms with Crippen molar-refractivity contribution in [3.05, 3.63) is 142 Å². The Kier molecular flexibility index (Phi) is 5.62. The molecule has 4 aromatic carbocycles. The quantitative estimate of drug-likeness (QED) is 0.238. The molecule has 0 aliphatic carbocycles. The van der Waals surface area contributed by atoms with Gasteiger partial charge in [0.15, 0.2) is 0 Å². The smallest absolute Gasteiger partial charge is 0.269 e. The Balaban J connectivity index is 1.74. The third-order valence-corrected chi connectivity index (χ3v) is 5.87. The van der Waals surface area contributed by atoms with Gasteiger partial charge in [0.05, 0.1) is 11.0 Å². The van der Waals surface area contributed by atoms with Crippen LogP contribution in [0.15, 0.2) is 115 Å². The maximum Gasteiger partial charge on any atom is 0.269 e. The van der Waals surface area contributed by atoms with Gasteiger partial charge in [-0.2, -0.15) is 0 Å². The highest BCUT2D eigenvalue weighted by atomic mass is 16.6. The molecule has 6 nitrogen and oxygen atoms in total. The summed E-state index contributed by atoms with van der Waals surface area (Å²) < 4.78 is 0. The first-order valence-electron chi connectivity index (χ1n) is 10.9. The molecule has 1 heterocycles. The first kappa shape index (κ1) is 21.2. The lowest BCUT2D eigenvalue weighted by molar-refractivity contribution is -0.384. The van der Waals surface area contributed by atoms with Crippen molar-refractivity contribution in [3.63, 3.8) is 0 Å². The van der Waals surface area contributed by atoms with Gasteiger partial charge >= 0.3 is 0 Å². The molecule has 166 valence electrons. The molecule has 0 aliphatic heterocycles. The minimum atomic E-state index is -0.466. The molecule has 0 spiro atoms. The molecule has 0 aliphatic rings. The Labute approximate surface area is 196 Å². The summed E-state index contributed by atoms with van der Waals surface area (Å²) in [6.45, 7) is 0. The van der Waals surface area contributed by atoms with Crippen molar-refractivity contribution in [2.24, 2.45) is 0 Å². The van der Waals surface area contributed by atoms with E-state index in [1.165, 1.54) is 12.1 Å². The molecule has 0 saturated heterocycles. The zero-order valence-corrected chi connectivity index (χ0v) is 18.2. The average molecular weight is 447 g/mol. The molecule has 1 amide bonds. The Hall–Kier alpha value is -4.71. The van der Waals surface area contributed by atoms with Crippen LogP contribution in [0.5, 0.6) is 0 Å². The normalized spacial score (nSPS) is 11.8. The van der Waals surface area contributed by atoms with Gasteiger partial charge in [-0.05, 0) is 35.9 Å². The molecule has 1 N–H and O–H groups in total. The molecule has 5 rings (SSSR count). The number of hydrogen-bond acceptors (Lipinski definition) is 3. The van der Waals surface area contributed by atoms with E-state index in [1.54, 1.807) is 29.2 Å². The van der Waals surface area contributed by atoms with Crippen LogP contribution < -0.4 is 4.90 Å². The van der Waals surface area contributed by atoms with Gasteiger partial charge in [-0.25, -0.2) is 0 Å². The van der Waals surface area contributed by atoms with Crippen molar-refractivity contribution >= 4 is 28.2 Å². The van der Waals surface area contributed by atoms with E-state index in [4.69, 9.17) is 0 Å². The predicted octanol–water partition coefficient (Wildman–Crippen LogP) is 6.51. The SMILES string of the molecule is O=C(c1ccccc1)N(c1ccc([N+](=O)[O-])cc1)C(c1ccccc1)c1c[nH]c2ccccc12. The molecule has 0 bridgehead atoms. The Morgan fingerprint density at radius 2 is 1.41 bits per heavy atom. The first-order chi connectivity index (χ1) is 16.6. The maximum absolute atomic E-state index is 14.0. The fraction of sp³-hybridized carbons (Fsp3) is 0.0357. The second kappa shape index (κ2) is 9.03. The Morgan fingerprint density at radius 1 is 0.794 bits per heavy atom. The number of non-ortho nitro benzene ring substituents is 1. The zero-order chi connectivity index (χ0) is 23.5. The molecule has 5 aromatic rings. The first-order valence-corrected chi connectivity index (χ1v) is 10.9. The van der Waals surface area contributed by atoms with Crippen LogP contribution in [0.2, 0.25) is 0 Å². The lowest BCUT2D eigenvalue weighted by atomic mass is 9.95. The summed E-state index contributed by atoms with van der Waals surface area (Å²) in [5.74, 6) is -0.200. The second-order valence-corrected chi connectivity index (χ2v) is 7.92. The molecule has 1 unspecified atom stereocenters. The number of benzene rings is 4. The van der Waals surface area contributed by atoms with Crippen LogP contribution in [-0.4, -0.2) is 15.8 Å². The monoisotopic (exact) mass is 447 g/mol. The molecular weight excluding hydrogens is 426 g/mol. The number of carbonyl (C=O) groups is 1. The summed E-state index contributed by atoms with van der Waals surface area (Å²) in [5, 5.41) is 12.3. The minimum absolute atomic E-state index is 0.0285. The van der Waals surface area contributed by atoms with E-state index < -0.39 is 11.0 Å². The van der Waals surface area contributed by atoms with Crippen LogP contribution in [0.3, 0.4) is 0 Å². The fourth-order valence-electron chi connectivity index (χ4n) is 4.26. The highest BCUT2D eigenvalue weighted by Crippen LogP contribution is 2.38. The van der Waals surface area contributed by atoms with Gasteiger partial charge in [0.25, 0.3) is 11.6 Å². The number of aromatic nitrogens is 1. The average Bonchev–Trinajstić information content (AvgIpc) is 3.32. The molecule has 0 saturated carbocycles. The summed E-state index contributed by atoms with van der Waals surface area (Å²) in [6.07, 6.45) is 1.93. The van der Waals surface area contributed by atoms with Crippen molar-refractivity contribution in [3.8, 4) is 0 Å². The number of carbonyl (C=O) groups excluding carboxylic acids is 1. The van der Waals surface area contributed by atoms with Gasteiger partial charge in [0.1, 0.15) is 0 Å². The van der Waals surface area contributed by atoms with Crippen molar-refractivity contribution in [2.75, 3.05) is 4.90 Å². The minimum Gasteiger partial charge on any atom is -0.361 e. The number of nitrogens with one attached hydrogen (secondary N) is 1. The molecule has 1 aromatic heterocycles. The summed E-state index contributed by atoms with van der Waals surface area (Å²) in [7, 11) is 0. The maximum atomic E-state index is 14.0. The van der Waals surface area contributed by atoms with E-state index in [2.05, 4.69) is 4.98 Å². The zero-order valence-electron chi connectivity index (χ0n) is 18.2. The molecule has 6 heteroatoms. The highest BCUT2D eigenvalue weighted by molar-refractivity contribution is 6.07. The van der Waals surface area contributed by atoms with Crippen LogP contribution >= 0.6 is 0 Å². The summed E-state index contributed by atoms with van der Waals surface area (Å²) >= 11 is 0. The number of amides is 1. The van der Waals surface area contributed by atoms with Gasteiger partial charge in [-0.1, -0.05) is 66.7 Å². The van der Waals surface area contributed by atoms with Gasteiger partial charge in [-0.15, -0.1) is 0 Å². The van der Waals surface area contributed by atoms with Crippen LogP contribution in [-0.2, 0) is 0 Å². The van der Waals surface area contributed by atoms with Crippen LogP contribution in [0, 0.1) is 10.1 Å². The predicted molar refractivity (Wildman–Crippen MR) is 133 cm³/mol.